The van der Waals surface area contributed by atoms with E-state index in [1.54, 1.807) is 21.9 Å². The fourth-order valence-electron chi connectivity index (χ4n) is 4.44. The molecule has 172 valence electrons. The summed E-state index contributed by atoms with van der Waals surface area (Å²) in [4.78, 5) is 28.9. The van der Waals surface area contributed by atoms with E-state index in [-0.39, 0.29) is 23.3 Å². The molecule has 9 heteroatoms. The largest absolute Gasteiger partial charge is 0.341 e. The Morgan fingerprint density at radius 1 is 1.10 bits per heavy atom. The third-order valence-corrected chi connectivity index (χ3v) is 7.67. The summed E-state index contributed by atoms with van der Waals surface area (Å²) in [5, 5.41) is 0. The summed E-state index contributed by atoms with van der Waals surface area (Å²) in [6.07, 6.45) is 6.65. The summed E-state index contributed by atoms with van der Waals surface area (Å²) in [6.45, 7) is 3.60. The lowest BCUT2D eigenvalue weighted by molar-refractivity contribution is -0.132. The van der Waals surface area contributed by atoms with E-state index in [4.69, 9.17) is 5.73 Å². The van der Waals surface area contributed by atoms with Gasteiger partial charge in [0.05, 0.1) is 4.90 Å². The minimum atomic E-state index is -4.00. The second-order valence-electron chi connectivity index (χ2n) is 8.26. The molecule has 0 saturated carbocycles. The van der Waals surface area contributed by atoms with E-state index in [0.29, 0.717) is 43.7 Å². The molecular formula is C22H34N4O4S. The number of rotatable bonds is 7. The molecule has 0 aromatic heterocycles. The van der Waals surface area contributed by atoms with Crippen molar-refractivity contribution in [3.63, 3.8) is 0 Å². The van der Waals surface area contributed by atoms with E-state index in [9.17, 15) is 18.0 Å². The molecule has 2 aliphatic rings. The quantitative estimate of drug-likeness (QED) is 0.657. The minimum Gasteiger partial charge on any atom is -0.341 e. The van der Waals surface area contributed by atoms with Gasteiger partial charge in [-0.3, -0.25) is 9.59 Å². The molecule has 0 bridgehead atoms. The normalized spacial score (nSPS) is 19.2. The van der Waals surface area contributed by atoms with Crippen LogP contribution in [0.4, 0.5) is 5.69 Å². The Morgan fingerprint density at radius 2 is 1.77 bits per heavy atom. The number of sulfonamides is 1. The van der Waals surface area contributed by atoms with Crippen molar-refractivity contribution < 1.29 is 18.0 Å². The van der Waals surface area contributed by atoms with Crippen molar-refractivity contribution in [1.29, 1.82) is 0 Å². The molecule has 1 aromatic rings. The molecule has 2 aliphatic heterocycles. The van der Waals surface area contributed by atoms with E-state index >= 15 is 0 Å². The first-order valence-corrected chi connectivity index (χ1v) is 12.8. The van der Waals surface area contributed by atoms with Crippen molar-refractivity contribution in [3.05, 3.63) is 23.8 Å². The number of carbonyl (C=O) groups is 2. The molecule has 0 aliphatic carbocycles. The standard InChI is InChI=1S/C22H34N4O4S/c1-2-17-19(26-15-8-5-12-21(26)27)10-9-11-20(17)31(29,30)24-18(16-23)22(28)25-13-6-3-4-7-14-25/h9-11,18,24H,2-8,12-16,23H2,1H3/t18-/m0/s1. The molecule has 3 N–H and O–H groups in total. The molecule has 31 heavy (non-hydrogen) atoms. The van der Waals surface area contributed by atoms with E-state index in [1.165, 1.54) is 6.07 Å². The van der Waals surface area contributed by atoms with Crippen LogP contribution in [0.25, 0.3) is 0 Å². The third-order valence-electron chi connectivity index (χ3n) is 6.11. The Balaban J connectivity index is 1.87. The molecule has 0 unspecified atom stereocenters. The molecule has 2 saturated heterocycles. The zero-order valence-corrected chi connectivity index (χ0v) is 19.1. The number of hydrogen-bond donors (Lipinski definition) is 2. The fraction of sp³-hybridized carbons (Fsp3) is 0.636. The van der Waals surface area contributed by atoms with Crippen LogP contribution in [0, 0.1) is 0 Å². The van der Waals surface area contributed by atoms with E-state index in [2.05, 4.69) is 4.72 Å². The predicted octanol–water partition coefficient (Wildman–Crippen LogP) is 1.77. The maximum absolute atomic E-state index is 13.3. The molecule has 3 rings (SSSR count). The highest BCUT2D eigenvalue weighted by atomic mass is 32.2. The summed E-state index contributed by atoms with van der Waals surface area (Å²) in [5.74, 6) is -0.256. The number of anilines is 1. The lowest BCUT2D eigenvalue weighted by Gasteiger charge is -2.30. The maximum atomic E-state index is 13.3. The van der Waals surface area contributed by atoms with Gasteiger partial charge in [-0.15, -0.1) is 0 Å². The van der Waals surface area contributed by atoms with Gasteiger partial charge >= 0.3 is 0 Å². The maximum Gasteiger partial charge on any atom is 0.242 e. The van der Waals surface area contributed by atoms with Crippen LogP contribution in [-0.2, 0) is 26.0 Å². The minimum absolute atomic E-state index is 0.0135. The number of nitrogens with two attached hydrogens (primary N) is 1. The SMILES string of the molecule is CCc1c(N2CCCCC2=O)cccc1S(=O)(=O)N[C@@H](CN)C(=O)N1CCCCCC1. The average molecular weight is 451 g/mol. The zero-order valence-electron chi connectivity index (χ0n) is 18.3. The molecule has 2 heterocycles. The summed E-state index contributed by atoms with van der Waals surface area (Å²) in [5.41, 5.74) is 7.04. The molecule has 1 aromatic carbocycles. The second kappa shape index (κ2) is 10.6. The van der Waals surface area contributed by atoms with Crippen molar-refractivity contribution in [2.75, 3.05) is 31.1 Å². The molecule has 2 amide bonds. The Bertz CT molecular complexity index is 895. The van der Waals surface area contributed by atoms with Crippen molar-refractivity contribution in [1.82, 2.24) is 9.62 Å². The van der Waals surface area contributed by atoms with Gasteiger partial charge < -0.3 is 15.5 Å². The number of nitrogens with one attached hydrogen (secondary N) is 1. The van der Waals surface area contributed by atoms with Crippen molar-refractivity contribution >= 4 is 27.5 Å². The molecule has 2 fully saturated rings. The summed E-state index contributed by atoms with van der Waals surface area (Å²) < 4.78 is 29.2. The van der Waals surface area contributed by atoms with Crippen LogP contribution in [-0.4, -0.2) is 57.4 Å². The molecule has 1 atom stereocenters. The Labute approximate surface area is 185 Å². The Kier molecular flexibility index (Phi) is 8.07. The van der Waals surface area contributed by atoms with Crippen molar-refractivity contribution in [2.45, 2.75) is 69.2 Å². The number of nitrogens with zero attached hydrogens (tertiary/aromatic N) is 2. The van der Waals surface area contributed by atoms with Crippen LogP contribution in [0.2, 0.25) is 0 Å². The number of carbonyl (C=O) groups excluding carboxylic acids is 2. The van der Waals surface area contributed by atoms with Crippen molar-refractivity contribution in [3.8, 4) is 0 Å². The third kappa shape index (κ3) is 5.45. The number of likely N-dealkylation sites (tertiary alicyclic amines) is 1. The van der Waals surface area contributed by atoms with Crippen LogP contribution in [0.1, 0.15) is 57.4 Å². The monoisotopic (exact) mass is 450 g/mol. The zero-order chi connectivity index (χ0) is 22.4. The van der Waals surface area contributed by atoms with Crippen LogP contribution >= 0.6 is 0 Å². The van der Waals surface area contributed by atoms with Crippen LogP contribution in [0.5, 0.6) is 0 Å². The Hall–Kier alpha value is -1.97. The second-order valence-corrected chi connectivity index (χ2v) is 9.94. The highest BCUT2D eigenvalue weighted by Gasteiger charge is 2.31. The highest BCUT2D eigenvalue weighted by molar-refractivity contribution is 7.89. The highest BCUT2D eigenvalue weighted by Crippen LogP contribution is 2.30. The van der Waals surface area contributed by atoms with Crippen molar-refractivity contribution in [2.24, 2.45) is 5.73 Å². The van der Waals surface area contributed by atoms with Gasteiger partial charge in [0.1, 0.15) is 6.04 Å². The number of amides is 2. The Morgan fingerprint density at radius 3 is 2.39 bits per heavy atom. The molecule has 0 radical (unpaired) electrons. The molecule has 8 nitrogen and oxygen atoms in total. The number of hydrogen-bond acceptors (Lipinski definition) is 5. The van der Waals surface area contributed by atoms with E-state index in [0.717, 1.165) is 38.5 Å². The average Bonchev–Trinajstić information content (AvgIpc) is 3.06. The fourth-order valence-corrected chi connectivity index (χ4v) is 5.97. The van der Waals surface area contributed by atoms with E-state index in [1.807, 2.05) is 6.92 Å². The lowest BCUT2D eigenvalue weighted by atomic mass is 10.1. The van der Waals surface area contributed by atoms with Gasteiger partial charge in [0.2, 0.25) is 21.8 Å². The summed E-state index contributed by atoms with van der Waals surface area (Å²) in [7, 11) is -4.00. The van der Waals surface area contributed by atoms with Crippen LogP contribution < -0.4 is 15.4 Å². The summed E-state index contributed by atoms with van der Waals surface area (Å²) >= 11 is 0. The first-order valence-electron chi connectivity index (χ1n) is 11.3. The van der Waals surface area contributed by atoms with E-state index < -0.39 is 16.1 Å². The van der Waals surface area contributed by atoms with Gasteiger partial charge in [-0.25, -0.2) is 8.42 Å². The molecular weight excluding hydrogens is 416 g/mol. The van der Waals surface area contributed by atoms with Gasteiger partial charge in [0.15, 0.2) is 0 Å². The first kappa shape index (κ1) is 23.7. The van der Waals surface area contributed by atoms with Crippen LogP contribution in [0.3, 0.4) is 0 Å². The molecule has 0 spiro atoms. The van der Waals surface area contributed by atoms with Gasteiger partial charge in [0.25, 0.3) is 0 Å². The number of benzene rings is 1. The topological polar surface area (TPSA) is 113 Å². The number of piperidine rings is 1. The summed E-state index contributed by atoms with van der Waals surface area (Å²) in [6, 6.07) is 3.97. The van der Waals surface area contributed by atoms with Gasteiger partial charge in [-0.05, 0) is 49.8 Å². The lowest BCUT2D eigenvalue weighted by Crippen LogP contribution is -2.52. The van der Waals surface area contributed by atoms with Gasteiger partial charge in [0, 0.05) is 38.3 Å². The van der Waals surface area contributed by atoms with Crippen LogP contribution in [0.15, 0.2) is 23.1 Å². The predicted molar refractivity (Wildman–Crippen MR) is 120 cm³/mol. The smallest absolute Gasteiger partial charge is 0.242 e. The first-order chi connectivity index (χ1) is 14.9. The van der Waals surface area contributed by atoms with Gasteiger partial charge in [-0.2, -0.15) is 4.72 Å². The van der Waals surface area contributed by atoms with Gasteiger partial charge in [-0.1, -0.05) is 25.8 Å².